The van der Waals surface area contributed by atoms with Crippen LogP contribution in [-0.4, -0.2) is 23.9 Å². The molecule has 4 aliphatic rings. The van der Waals surface area contributed by atoms with Crippen LogP contribution in [0.4, 0.5) is 5.69 Å². The maximum Gasteiger partial charge on any atom is 0.338 e. The normalized spacial score (nSPS) is 30.1. The Morgan fingerprint density at radius 3 is 2.20 bits per heavy atom. The molecule has 2 bridgehead atoms. The maximum atomic E-state index is 13.0. The summed E-state index contributed by atoms with van der Waals surface area (Å²) in [5.74, 6) is -0.900. The second-order valence-corrected chi connectivity index (χ2v) is 7.36. The molecule has 5 heteroatoms. The van der Waals surface area contributed by atoms with Crippen LogP contribution in [0.1, 0.15) is 37.0 Å². The largest absolute Gasteiger partial charge is 0.459 e. The van der Waals surface area contributed by atoms with E-state index in [0.717, 1.165) is 12.8 Å². The quantitative estimate of drug-likeness (QED) is 0.482. The molecule has 1 aromatic rings. The Hall–Kier alpha value is -2.43. The number of esters is 1. The first-order valence-electron chi connectivity index (χ1n) is 8.84. The van der Waals surface area contributed by atoms with Gasteiger partial charge in [-0.05, 0) is 56.7 Å². The van der Waals surface area contributed by atoms with Gasteiger partial charge in [-0.25, -0.2) is 9.69 Å². The van der Waals surface area contributed by atoms with E-state index >= 15 is 0 Å². The third kappa shape index (κ3) is 2.49. The van der Waals surface area contributed by atoms with E-state index in [2.05, 4.69) is 12.2 Å². The number of amides is 2. The summed E-state index contributed by atoms with van der Waals surface area (Å²) in [6.45, 7) is 3.56. The fourth-order valence-electron chi connectivity index (χ4n) is 4.38. The van der Waals surface area contributed by atoms with Gasteiger partial charge in [0.1, 0.15) is 0 Å². The monoisotopic (exact) mass is 339 g/mol. The van der Waals surface area contributed by atoms with E-state index in [1.165, 1.54) is 4.90 Å². The first kappa shape index (κ1) is 16.1. The van der Waals surface area contributed by atoms with Crippen LogP contribution in [0.2, 0.25) is 0 Å². The van der Waals surface area contributed by atoms with Gasteiger partial charge in [-0.3, -0.25) is 9.59 Å². The standard InChI is InChI=1S/C20H21NO4/c1-11(2)25-20(24)14-4-3-5-15(10-14)21-18(22)16-12-6-7-13(9-8-12)17(16)19(21)23/h3-7,10-13,16-17H,8-9H2,1-2H3/t12-,13-,16+,17+/m0/s1. The number of carbonyl (C=O) groups excluding carboxylic acids is 3. The number of rotatable bonds is 3. The van der Waals surface area contributed by atoms with Crippen LogP contribution in [0.5, 0.6) is 0 Å². The van der Waals surface area contributed by atoms with Crippen LogP contribution in [0, 0.1) is 23.7 Å². The van der Waals surface area contributed by atoms with E-state index in [1.807, 2.05) is 0 Å². The van der Waals surface area contributed by atoms with Gasteiger partial charge < -0.3 is 4.74 Å². The molecule has 5 rings (SSSR count). The van der Waals surface area contributed by atoms with E-state index in [4.69, 9.17) is 4.74 Å². The van der Waals surface area contributed by atoms with Gasteiger partial charge in [0.15, 0.2) is 0 Å². The lowest BCUT2D eigenvalue weighted by Gasteiger charge is -2.38. The predicted molar refractivity (Wildman–Crippen MR) is 91.8 cm³/mol. The molecular weight excluding hydrogens is 318 g/mol. The molecular formula is C20H21NO4. The van der Waals surface area contributed by atoms with Crippen molar-refractivity contribution in [3.05, 3.63) is 42.0 Å². The number of nitrogens with zero attached hydrogens (tertiary/aromatic N) is 1. The van der Waals surface area contributed by atoms with Crippen molar-refractivity contribution in [1.82, 2.24) is 0 Å². The van der Waals surface area contributed by atoms with Gasteiger partial charge in [0.2, 0.25) is 11.8 Å². The third-order valence-electron chi connectivity index (χ3n) is 5.44. The molecule has 2 fully saturated rings. The Morgan fingerprint density at radius 2 is 1.68 bits per heavy atom. The van der Waals surface area contributed by atoms with E-state index in [-0.39, 0.29) is 41.6 Å². The molecule has 25 heavy (non-hydrogen) atoms. The number of fused-ring (bicyclic) bond motifs is 1. The van der Waals surface area contributed by atoms with Crippen molar-refractivity contribution >= 4 is 23.5 Å². The molecule has 0 aromatic heterocycles. The molecule has 5 nitrogen and oxygen atoms in total. The van der Waals surface area contributed by atoms with E-state index in [9.17, 15) is 14.4 Å². The second-order valence-electron chi connectivity index (χ2n) is 7.36. The highest BCUT2D eigenvalue weighted by molar-refractivity contribution is 6.22. The smallest absolute Gasteiger partial charge is 0.338 e. The summed E-state index contributed by atoms with van der Waals surface area (Å²) in [6.07, 6.45) is 5.91. The van der Waals surface area contributed by atoms with Gasteiger partial charge >= 0.3 is 5.97 Å². The minimum absolute atomic E-state index is 0.136. The highest BCUT2D eigenvalue weighted by atomic mass is 16.5. The number of hydrogen-bond donors (Lipinski definition) is 0. The first-order valence-corrected chi connectivity index (χ1v) is 8.84. The van der Waals surface area contributed by atoms with Crippen molar-refractivity contribution < 1.29 is 19.1 Å². The number of ether oxygens (including phenoxy) is 1. The van der Waals surface area contributed by atoms with Crippen molar-refractivity contribution in [1.29, 1.82) is 0 Å². The van der Waals surface area contributed by atoms with E-state index in [1.54, 1.807) is 38.1 Å². The Morgan fingerprint density at radius 1 is 1.08 bits per heavy atom. The Balaban J connectivity index is 1.66. The summed E-state index contributed by atoms with van der Waals surface area (Å²) >= 11 is 0. The summed E-state index contributed by atoms with van der Waals surface area (Å²) in [4.78, 5) is 39.3. The lowest BCUT2D eigenvalue weighted by atomic mass is 9.63. The second kappa shape index (κ2) is 5.83. The first-order chi connectivity index (χ1) is 12.0. The average molecular weight is 339 g/mol. The highest BCUT2D eigenvalue weighted by Crippen LogP contribution is 2.50. The molecule has 2 amide bonds. The fraction of sp³-hybridized carbons (Fsp3) is 0.450. The van der Waals surface area contributed by atoms with Crippen LogP contribution >= 0.6 is 0 Å². The number of anilines is 1. The van der Waals surface area contributed by atoms with Crippen molar-refractivity contribution in [2.45, 2.75) is 32.8 Å². The van der Waals surface area contributed by atoms with Gasteiger partial charge in [0.05, 0.1) is 29.2 Å². The molecule has 0 spiro atoms. The predicted octanol–water partition coefficient (Wildman–Crippen LogP) is 2.95. The molecule has 0 unspecified atom stereocenters. The summed E-state index contributed by atoms with van der Waals surface area (Å²) in [7, 11) is 0. The number of imide groups is 1. The zero-order valence-corrected chi connectivity index (χ0v) is 14.3. The molecule has 3 aliphatic carbocycles. The number of carbonyl (C=O) groups is 3. The maximum absolute atomic E-state index is 13.0. The molecule has 1 saturated heterocycles. The van der Waals surface area contributed by atoms with E-state index in [0.29, 0.717) is 11.3 Å². The van der Waals surface area contributed by atoms with Crippen molar-refractivity contribution in [3.63, 3.8) is 0 Å². The third-order valence-corrected chi connectivity index (χ3v) is 5.44. The minimum Gasteiger partial charge on any atom is -0.459 e. The van der Waals surface area contributed by atoms with E-state index < -0.39 is 5.97 Å². The lowest BCUT2D eigenvalue weighted by Crippen LogP contribution is -2.38. The zero-order chi connectivity index (χ0) is 17.7. The minimum atomic E-state index is -0.449. The highest BCUT2D eigenvalue weighted by Gasteiger charge is 2.56. The Labute approximate surface area is 146 Å². The van der Waals surface area contributed by atoms with Crippen molar-refractivity contribution in [2.24, 2.45) is 23.7 Å². The average Bonchev–Trinajstić information content (AvgIpc) is 2.89. The van der Waals surface area contributed by atoms with Gasteiger partial charge in [-0.2, -0.15) is 0 Å². The Kier molecular flexibility index (Phi) is 3.74. The fourth-order valence-corrected chi connectivity index (χ4v) is 4.38. The Bertz CT molecular complexity index is 750. The SMILES string of the molecule is CC(C)OC(=O)c1cccc(N2C(=O)[C@H]3[C@H](C2=O)[C@H]2C=C[C@H]3CC2)c1. The number of benzene rings is 1. The molecule has 1 heterocycles. The van der Waals surface area contributed by atoms with Crippen LogP contribution in [0.25, 0.3) is 0 Å². The molecule has 4 atom stereocenters. The van der Waals surface area contributed by atoms with Gasteiger partial charge in [0.25, 0.3) is 0 Å². The van der Waals surface area contributed by atoms with Gasteiger partial charge in [-0.15, -0.1) is 0 Å². The van der Waals surface area contributed by atoms with Gasteiger partial charge in [0, 0.05) is 0 Å². The summed E-state index contributed by atoms with van der Waals surface area (Å²) in [5, 5.41) is 0. The topological polar surface area (TPSA) is 63.7 Å². The summed E-state index contributed by atoms with van der Waals surface area (Å²) < 4.78 is 5.21. The van der Waals surface area contributed by atoms with Crippen LogP contribution < -0.4 is 4.90 Å². The number of hydrogen-bond acceptors (Lipinski definition) is 4. The van der Waals surface area contributed by atoms with Crippen LogP contribution in [-0.2, 0) is 14.3 Å². The summed E-state index contributed by atoms with van der Waals surface area (Å²) in [6, 6.07) is 6.60. The zero-order valence-electron chi connectivity index (χ0n) is 14.3. The lowest BCUT2D eigenvalue weighted by molar-refractivity contribution is -0.124. The number of allylic oxidation sites excluding steroid dienone is 2. The summed E-state index contributed by atoms with van der Waals surface area (Å²) in [5.41, 5.74) is 0.810. The molecule has 1 aliphatic heterocycles. The van der Waals surface area contributed by atoms with Crippen LogP contribution in [0.3, 0.4) is 0 Å². The van der Waals surface area contributed by atoms with Crippen molar-refractivity contribution in [3.8, 4) is 0 Å². The van der Waals surface area contributed by atoms with Gasteiger partial charge in [-0.1, -0.05) is 18.2 Å². The molecule has 1 saturated carbocycles. The molecule has 0 N–H and O–H groups in total. The van der Waals surface area contributed by atoms with Crippen LogP contribution in [0.15, 0.2) is 36.4 Å². The van der Waals surface area contributed by atoms with Crippen molar-refractivity contribution in [2.75, 3.05) is 4.90 Å². The molecule has 0 radical (unpaired) electrons. The molecule has 130 valence electrons. The molecule has 1 aromatic carbocycles.